The molecule has 1 aliphatic rings. The maximum absolute atomic E-state index is 4.50. The van der Waals surface area contributed by atoms with Gasteiger partial charge in [-0.2, -0.15) is 0 Å². The van der Waals surface area contributed by atoms with Crippen LogP contribution in [0.5, 0.6) is 0 Å². The minimum atomic E-state index is 0.382. The zero-order valence-electron chi connectivity index (χ0n) is 6.83. The van der Waals surface area contributed by atoms with E-state index in [1.165, 1.54) is 10.8 Å². The quantitative estimate of drug-likeness (QED) is 0.514. The van der Waals surface area contributed by atoms with Crippen LogP contribution in [0.3, 0.4) is 0 Å². The molecule has 56 valence electrons. The Bertz CT molecular complexity index is 390. The Morgan fingerprint density at radius 3 is 2.73 bits per heavy atom. The second kappa shape index (κ2) is 2.19. The van der Waals surface area contributed by atoms with E-state index in [9.17, 15) is 0 Å². The fraction of sp³-hybridized carbons (Fsp3) is 0.300. The lowest BCUT2D eigenvalue weighted by Crippen LogP contribution is -2.21. The van der Waals surface area contributed by atoms with Gasteiger partial charge in [-0.05, 0) is 25.5 Å². The van der Waals surface area contributed by atoms with E-state index < -0.39 is 0 Å². The minimum Gasteiger partial charge on any atom is -0.277 e. The van der Waals surface area contributed by atoms with Crippen LogP contribution in [0.4, 0.5) is 0 Å². The molecule has 1 nitrogen and oxygen atoms in total. The van der Waals surface area contributed by atoms with Gasteiger partial charge in [0.05, 0.1) is 11.4 Å². The Hall–Kier alpha value is -1.11. The van der Waals surface area contributed by atoms with Crippen molar-refractivity contribution in [3.8, 4) is 0 Å². The molecule has 1 aromatic rings. The molecule has 1 heterocycles. The number of rotatable bonds is 0. The molecule has 1 unspecified atom stereocenters. The summed E-state index contributed by atoms with van der Waals surface area (Å²) in [4.78, 5) is 4.50. The van der Waals surface area contributed by atoms with Gasteiger partial charge in [0.15, 0.2) is 0 Å². The third-order valence-corrected chi connectivity index (χ3v) is 2.29. The van der Waals surface area contributed by atoms with Gasteiger partial charge in [-0.3, -0.25) is 4.99 Å². The fourth-order valence-corrected chi connectivity index (χ4v) is 1.45. The molecule has 0 saturated carbocycles. The molecule has 0 amide bonds. The minimum absolute atomic E-state index is 0.382. The first kappa shape index (κ1) is 6.59. The normalized spacial score (nSPS) is 21.3. The number of benzene rings is 1. The third-order valence-electron chi connectivity index (χ3n) is 2.29. The van der Waals surface area contributed by atoms with Crippen LogP contribution in [-0.4, -0.2) is 6.04 Å². The second-order valence-corrected chi connectivity index (χ2v) is 3.01. The summed E-state index contributed by atoms with van der Waals surface area (Å²) >= 11 is 0. The fourth-order valence-electron chi connectivity index (χ4n) is 1.45. The van der Waals surface area contributed by atoms with Crippen molar-refractivity contribution in [3.05, 3.63) is 34.8 Å². The van der Waals surface area contributed by atoms with E-state index in [0.29, 0.717) is 6.04 Å². The monoisotopic (exact) mass is 145 g/mol. The molecule has 0 aliphatic carbocycles. The summed E-state index contributed by atoms with van der Waals surface area (Å²) < 4.78 is 0. The summed E-state index contributed by atoms with van der Waals surface area (Å²) in [6, 6.07) is 8.69. The van der Waals surface area contributed by atoms with Crippen LogP contribution >= 0.6 is 0 Å². The van der Waals surface area contributed by atoms with Crippen molar-refractivity contribution in [2.45, 2.75) is 19.9 Å². The number of hydrogen-bond acceptors (Lipinski definition) is 1. The summed E-state index contributed by atoms with van der Waals surface area (Å²) in [5.74, 6) is 0. The number of fused-ring (bicyclic) bond motifs is 1. The van der Waals surface area contributed by atoms with Crippen molar-refractivity contribution in [3.63, 3.8) is 0 Å². The molecule has 1 atom stereocenters. The van der Waals surface area contributed by atoms with Crippen LogP contribution in [0.1, 0.15) is 13.8 Å². The number of nitrogens with zero attached hydrogens (tertiary/aromatic N) is 1. The van der Waals surface area contributed by atoms with E-state index in [1.807, 2.05) is 6.07 Å². The summed E-state index contributed by atoms with van der Waals surface area (Å²) in [6.07, 6.45) is 0. The maximum atomic E-state index is 4.50. The molecule has 11 heavy (non-hydrogen) atoms. The molecule has 0 aromatic heterocycles. The summed E-state index contributed by atoms with van der Waals surface area (Å²) in [5.41, 5.74) is 1.39. The first-order valence-corrected chi connectivity index (χ1v) is 3.93. The van der Waals surface area contributed by atoms with Gasteiger partial charge in [0.2, 0.25) is 0 Å². The summed E-state index contributed by atoms with van der Waals surface area (Å²) in [5, 5.41) is 2.47. The summed E-state index contributed by atoms with van der Waals surface area (Å²) in [7, 11) is 0. The topological polar surface area (TPSA) is 12.4 Å². The van der Waals surface area contributed by atoms with E-state index in [0.717, 1.165) is 5.36 Å². The van der Waals surface area contributed by atoms with E-state index in [-0.39, 0.29) is 0 Å². The van der Waals surface area contributed by atoms with Gasteiger partial charge in [0.25, 0.3) is 0 Å². The lowest BCUT2D eigenvalue weighted by atomic mass is 10.1. The van der Waals surface area contributed by atoms with E-state index >= 15 is 0 Å². The van der Waals surface area contributed by atoms with Gasteiger partial charge in [0, 0.05) is 5.22 Å². The molecule has 0 radical (unpaired) electrons. The molecule has 0 bridgehead atoms. The zero-order chi connectivity index (χ0) is 7.84. The van der Waals surface area contributed by atoms with Crippen LogP contribution in [0, 0.1) is 0 Å². The van der Waals surface area contributed by atoms with Crippen molar-refractivity contribution in [2.24, 2.45) is 4.99 Å². The van der Waals surface area contributed by atoms with Gasteiger partial charge < -0.3 is 0 Å². The zero-order valence-corrected chi connectivity index (χ0v) is 6.83. The van der Waals surface area contributed by atoms with Crippen LogP contribution < -0.4 is 10.6 Å². The first-order valence-electron chi connectivity index (χ1n) is 3.93. The molecular weight excluding hydrogens is 134 g/mol. The van der Waals surface area contributed by atoms with E-state index in [2.05, 4.69) is 37.0 Å². The maximum Gasteiger partial charge on any atom is 0.0695 e. The van der Waals surface area contributed by atoms with Crippen molar-refractivity contribution < 1.29 is 0 Å². The van der Waals surface area contributed by atoms with Gasteiger partial charge in [-0.1, -0.05) is 18.2 Å². The molecule has 1 heteroatoms. The average molecular weight is 145 g/mol. The number of hydrogen-bond donors (Lipinski definition) is 0. The lowest BCUT2D eigenvalue weighted by molar-refractivity contribution is 0.926. The Balaban J connectivity index is 2.89. The Morgan fingerprint density at radius 2 is 2.00 bits per heavy atom. The molecule has 0 N–H and O–H groups in total. The molecule has 0 fully saturated rings. The predicted octanol–water partition coefficient (Wildman–Crippen LogP) is 0.879. The van der Waals surface area contributed by atoms with Crippen LogP contribution in [-0.2, 0) is 0 Å². The molecule has 2 rings (SSSR count). The van der Waals surface area contributed by atoms with E-state index in [4.69, 9.17) is 0 Å². The largest absolute Gasteiger partial charge is 0.277 e. The first-order chi connectivity index (χ1) is 5.29. The molecule has 0 spiro atoms. The lowest BCUT2D eigenvalue weighted by Gasteiger charge is -1.97. The summed E-state index contributed by atoms with van der Waals surface area (Å²) in [6.45, 7) is 4.29. The Kier molecular flexibility index (Phi) is 1.31. The van der Waals surface area contributed by atoms with Crippen molar-refractivity contribution >= 4 is 5.57 Å². The highest BCUT2D eigenvalue weighted by Crippen LogP contribution is 2.05. The van der Waals surface area contributed by atoms with Crippen molar-refractivity contribution in [1.29, 1.82) is 0 Å². The van der Waals surface area contributed by atoms with Crippen molar-refractivity contribution in [2.75, 3.05) is 0 Å². The van der Waals surface area contributed by atoms with Gasteiger partial charge in [0.1, 0.15) is 0 Å². The van der Waals surface area contributed by atoms with Crippen LogP contribution in [0.25, 0.3) is 5.57 Å². The SMILES string of the molecule is CC1=c2ccccc2=NC1C. The van der Waals surface area contributed by atoms with Crippen LogP contribution in [0.15, 0.2) is 29.3 Å². The predicted molar refractivity (Wildman–Crippen MR) is 45.8 cm³/mol. The molecule has 0 saturated heterocycles. The highest BCUT2D eigenvalue weighted by Gasteiger charge is 2.08. The third kappa shape index (κ3) is 0.881. The van der Waals surface area contributed by atoms with Gasteiger partial charge >= 0.3 is 0 Å². The highest BCUT2D eigenvalue weighted by atomic mass is 14.8. The Labute approximate surface area is 66.1 Å². The number of para-hydroxylation sites is 1. The second-order valence-electron chi connectivity index (χ2n) is 3.01. The van der Waals surface area contributed by atoms with Crippen molar-refractivity contribution in [1.82, 2.24) is 0 Å². The van der Waals surface area contributed by atoms with E-state index in [1.54, 1.807) is 0 Å². The Morgan fingerprint density at radius 1 is 1.27 bits per heavy atom. The molecule has 1 aliphatic heterocycles. The van der Waals surface area contributed by atoms with Gasteiger partial charge in [-0.15, -0.1) is 0 Å². The average Bonchev–Trinajstić information content (AvgIpc) is 2.30. The smallest absolute Gasteiger partial charge is 0.0695 e. The molecule has 1 aromatic carbocycles. The van der Waals surface area contributed by atoms with Gasteiger partial charge in [-0.25, -0.2) is 0 Å². The molecular formula is C10H11N. The highest BCUT2D eigenvalue weighted by molar-refractivity contribution is 5.49. The standard InChI is InChI=1S/C10H11N/c1-7-8(2)11-10-6-4-3-5-9(7)10/h3-6,8H,1-2H3. The van der Waals surface area contributed by atoms with Crippen LogP contribution in [0.2, 0.25) is 0 Å².